The van der Waals surface area contributed by atoms with Crippen LogP contribution in [0, 0.1) is 6.92 Å². The second-order valence-corrected chi connectivity index (χ2v) is 6.77. The molecule has 1 aromatic rings. The summed E-state index contributed by atoms with van der Waals surface area (Å²) in [7, 11) is -3.55. The molecule has 1 aromatic carbocycles. The fourth-order valence-electron chi connectivity index (χ4n) is 1.67. The van der Waals surface area contributed by atoms with E-state index in [0.717, 1.165) is 5.56 Å². The molecule has 0 fully saturated rings. The number of carbonyl (C=O) groups excluding carboxylic acids is 1. The first-order valence-corrected chi connectivity index (χ1v) is 8.17. The van der Waals surface area contributed by atoms with Gasteiger partial charge in [-0.05, 0) is 44.9 Å². The van der Waals surface area contributed by atoms with Gasteiger partial charge in [0.15, 0.2) is 0 Å². The van der Waals surface area contributed by atoms with Gasteiger partial charge < -0.3 is 5.32 Å². The monoisotopic (exact) mass is 298 g/mol. The second kappa shape index (κ2) is 6.85. The Morgan fingerprint density at radius 2 is 1.95 bits per heavy atom. The number of hydrogen-bond donors (Lipinski definition) is 2. The highest BCUT2D eigenvalue weighted by Gasteiger charge is 2.17. The summed E-state index contributed by atoms with van der Waals surface area (Å²) in [5.74, 6) is -0.259. The first-order valence-electron chi connectivity index (χ1n) is 6.69. The predicted octanol–water partition coefficient (Wildman–Crippen LogP) is 1.82. The molecule has 1 amide bonds. The molecule has 0 atom stereocenters. The largest absolute Gasteiger partial charge is 0.350 e. The third kappa shape index (κ3) is 4.31. The summed E-state index contributed by atoms with van der Waals surface area (Å²) in [5, 5.41) is 2.77. The number of carbonyl (C=O) groups is 1. The zero-order chi connectivity index (χ0) is 15.3. The van der Waals surface area contributed by atoms with Gasteiger partial charge in [0, 0.05) is 18.2 Å². The van der Waals surface area contributed by atoms with Crippen molar-refractivity contribution < 1.29 is 13.2 Å². The van der Waals surface area contributed by atoms with E-state index in [-0.39, 0.29) is 16.8 Å². The number of benzene rings is 1. The molecule has 0 spiro atoms. The topological polar surface area (TPSA) is 75.3 Å². The number of rotatable bonds is 6. The summed E-state index contributed by atoms with van der Waals surface area (Å²) < 4.78 is 26.6. The van der Waals surface area contributed by atoms with E-state index in [0.29, 0.717) is 18.5 Å². The van der Waals surface area contributed by atoms with Crippen molar-refractivity contribution in [1.82, 2.24) is 10.0 Å². The molecule has 0 saturated carbocycles. The van der Waals surface area contributed by atoms with Crippen molar-refractivity contribution in [1.29, 1.82) is 0 Å². The van der Waals surface area contributed by atoms with E-state index in [9.17, 15) is 13.2 Å². The maximum absolute atomic E-state index is 12.1. The van der Waals surface area contributed by atoms with E-state index in [1.807, 2.05) is 20.8 Å². The molecule has 0 radical (unpaired) electrons. The van der Waals surface area contributed by atoms with Gasteiger partial charge in [-0.1, -0.05) is 13.0 Å². The SMILES string of the molecule is CCCNS(=O)(=O)c1ccc(C)c(C(=O)NC(C)C)c1. The molecule has 5 nitrogen and oxygen atoms in total. The highest BCUT2D eigenvalue weighted by molar-refractivity contribution is 7.89. The summed E-state index contributed by atoms with van der Waals surface area (Å²) in [6, 6.07) is 4.58. The Balaban J connectivity index is 3.11. The third-order valence-electron chi connectivity index (χ3n) is 2.73. The average Bonchev–Trinajstić information content (AvgIpc) is 2.35. The van der Waals surface area contributed by atoms with Crippen molar-refractivity contribution in [2.45, 2.75) is 45.1 Å². The summed E-state index contributed by atoms with van der Waals surface area (Å²) in [6.07, 6.45) is 0.714. The molecule has 0 bridgehead atoms. The molecule has 0 aliphatic carbocycles. The van der Waals surface area contributed by atoms with Crippen LogP contribution in [0.1, 0.15) is 43.1 Å². The Hall–Kier alpha value is -1.40. The molecule has 1 rings (SSSR count). The van der Waals surface area contributed by atoms with E-state index < -0.39 is 10.0 Å². The van der Waals surface area contributed by atoms with E-state index in [2.05, 4.69) is 10.0 Å². The molecular formula is C14H22N2O3S. The molecule has 2 N–H and O–H groups in total. The molecule has 0 aromatic heterocycles. The Labute approximate surface area is 120 Å². The first-order chi connectivity index (χ1) is 9.27. The fourth-order valence-corrected chi connectivity index (χ4v) is 2.83. The maximum Gasteiger partial charge on any atom is 0.251 e. The summed E-state index contributed by atoms with van der Waals surface area (Å²) in [5.41, 5.74) is 1.13. The molecule has 20 heavy (non-hydrogen) atoms. The summed E-state index contributed by atoms with van der Waals surface area (Å²) in [4.78, 5) is 12.2. The number of sulfonamides is 1. The quantitative estimate of drug-likeness (QED) is 0.841. The van der Waals surface area contributed by atoms with Crippen molar-refractivity contribution >= 4 is 15.9 Å². The summed E-state index contributed by atoms with van der Waals surface area (Å²) >= 11 is 0. The number of hydrogen-bond acceptors (Lipinski definition) is 3. The fraction of sp³-hybridized carbons (Fsp3) is 0.500. The molecule has 0 heterocycles. The lowest BCUT2D eigenvalue weighted by atomic mass is 10.1. The average molecular weight is 298 g/mol. The zero-order valence-electron chi connectivity index (χ0n) is 12.4. The minimum Gasteiger partial charge on any atom is -0.350 e. The number of amides is 1. The van der Waals surface area contributed by atoms with Crippen LogP contribution in [0.15, 0.2) is 23.1 Å². The predicted molar refractivity (Wildman–Crippen MR) is 79.3 cm³/mol. The standard InChI is InChI=1S/C14H22N2O3S/c1-5-8-15-20(18,19)12-7-6-11(4)13(9-12)14(17)16-10(2)3/h6-7,9-10,15H,5,8H2,1-4H3,(H,16,17). The normalized spacial score (nSPS) is 11.7. The molecule has 0 aliphatic heterocycles. The minimum absolute atomic E-state index is 0.000352. The Morgan fingerprint density at radius 1 is 1.30 bits per heavy atom. The highest BCUT2D eigenvalue weighted by Crippen LogP contribution is 2.16. The van der Waals surface area contributed by atoms with Gasteiger partial charge in [0.05, 0.1) is 4.90 Å². The Bertz CT molecular complexity index is 580. The van der Waals surface area contributed by atoms with Crippen LogP contribution >= 0.6 is 0 Å². The molecule has 112 valence electrons. The highest BCUT2D eigenvalue weighted by atomic mass is 32.2. The van der Waals surface area contributed by atoms with Gasteiger partial charge in [-0.15, -0.1) is 0 Å². The van der Waals surface area contributed by atoms with Crippen molar-refractivity contribution in [2.75, 3.05) is 6.54 Å². The minimum atomic E-state index is -3.55. The van der Waals surface area contributed by atoms with Crippen LogP contribution in [-0.4, -0.2) is 26.9 Å². The van der Waals surface area contributed by atoms with Crippen LogP contribution in [0.2, 0.25) is 0 Å². The molecule has 0 unspecified atom stereocenters. The van der Waals surface area contributed by atoms with Gasteiger partial charge in [-0.25, -0.2) is 13.1 Å². The number of nitrogens with one attached hydrogen (secondary N) is 2. The van der Waals surface area contributed by atoms with Gasteiger partial charge in [-0.2, -0.15) is 0 Å². The molecular weight excluding hydrogens is 276 g/mol. The first kappa shape index (κ1) is 16.7. The Kier molecular flexibility index (Phi) is 5.71. The third-order valence-corrected chi connectivity index (χ3v) is 4.18. The lowest BCUT2D eigenvalue weighted by molar-refractivity contribution is 0.0942. The van der Waals surface area contributed by atoms with Gasteiger partial charge >= 0.3 is 0 Å². The Morgan fingerprint density at radius 3 is 2.50 bits per heavy atom. The van der Waals surface area contributed by atoms with Crippen LogP contribution in [0.3, 0.4) is 0 Å². The number of aryl methyl sites for hydroxylation is 1. The van der Waals surface area contributed by atoms with E-state index >= 15 is 0 Å². The lowest BCUT2D eigenvalue weighted by Crippen LogP contribution is -2.31. The van der Waals surface area contributed by atoms with Crippen molar-refractivity contribution in [3.8, 4) is 0 Å². The van der Waals surface area contributed by atoms with Crippen LogP contribution < -0.4 is 10.0 Å². The zero-order valence-corrected chi connectivity index (χ0v) is 13.2. The van der Waals surface area contributed by atoms with E-state index in [4.69, 9.17) is 0 Å². The van der Waals surface area contributed by atoms with Crippen LogP contribution in [0.4, 0.5) is 0 Å². The van der Waals surface area contributed by atoms with Gasteiger partial charge in [-0.3, -0.25) is 4.79 Å². The molecule has 0 saturated heterocycles. The van der Waals surface area contributed by atoms with Gasteiger partial charge in [0.25, 0.3) is 5.91 Å². The van der Waals surface area contributed by atoms with Crippen molar-refractivity contribution in [3.05, 3.63) is 29.3 Å². The molecule has 6 heteroatoms. The van der Waals surface area contributed by atoms with Crippen LogP contribution in [-0.2, 0) is 10.0 Å². The maximum atomic E-state index is 12.1. The van der Waals surface area contributed by atoms with E-state index in [1.165, 1.54) is 12.1 Å². The lowest BCUT2D eigenvalue weighted by Gasteiger charge is -2.12. The van der Waals surface area contributed by atoms with Crippen molar-refractivity contribution in [2.24, 2.45) is 0 Å². The van der Waals surface area contributed by atoms with Crippen LogP contribution in [0.25, 0.3) is 0 Å². The molecule has 0 aliphatic rings. The van der Waals surface area contributed by atoms with Gasteiger partial charge in [0.1, 0.15) is 0 Å². The summed E-state index contributed by atoms with van der Waals surface area (Å²) in [6.45, 7) is 7.77. The second-order valence-electron chi connectivity index (χ2n) is 5.00. The smallest absolute Gasteiger partial charge is 0.251 e. The van der Waals surface area contributed by atoms with Gasteiger partial charge in [0.2, 0.25) is 10.0 Å². The van der Waals surface area contributed by atoms with E-state index in [1.54, 1.807) is 13.0 Å². The van der Waals surface area contributed by atoms with Crippen molar-refractivity contribution in [3.63, 3.8) is 0 Å². The van der Waals surface area contributed by atoms with Crippen LogP contribution in [0.5, 0.6) is 0 Å².